The summed E-state index contributed by atoms with van der Waals surface area (Å²) in [7, 11) is 2.08. The highest BCUT2D eigenvalue weighted by molar-refractivity contribution is 8.03. The van der Waals surface area contributed by atoms with Crippen molar-refractivity contribution in [3.8, 4) is 0 Å². The van der Waals surface area contributed by atoms with E-state index in [4.69, 9.17) is 0 Å². The summed E-state index contributed by atoms with van der Waals surface area (Å²) < 4.78 is 2.13. The summed E-state index contributed by atoms with van der Waals surface area (Å²) in [5, 5.41) is 3.81. The van der Waals surface area contributed by atoms with Gasteiger partial charge in [-0.3, -0.25) is 0 Å². The van der Waals surface area contributed by atoms with Crippen molar-refractivity contribution in [2.45, 2.75) is 25.9 Å². The number of aryl methyl sites for hydroxylation is 1. The van der Waals surface area contributed by atoms with Gasteiger partial charge in [0.05, 0.1) is 6.04 Å². The van der Waals surface area contributed by atoms with Crippen molar-refractivity contribution in [3.63, 3.8) is 0 Å². The fourth-order valence-corrected chi connectivity index (χ4v) is 4.63. The average molecular weight is 285 g/mol. The van der Waals surface area contributed by atoms with Gasteiger partial charge >= 0.3 is 0 Å². The average Bonchev–Trinajstić information content (AvgIpc) is 2.62. The van der Waals surface area contributed by atoms with Crippen LogP contribution in [0.25, 0.3) is 0 Å². The van der Waals surface area contributed by atoms with Gasteiger partial charge in [-0.2, -0.15) is 23.5 Å². The molecular weight excluding hydrogens is 262 g/mol. The van der Waals surface area contributed by atoms with E-state index in [0.717, 1.165) is 5.82 Å². The molecule has 0 spiro atoms. The van der Waals surface area contributed by atoms with Crippen molar-refractivity contribution in [2.75, 3.05) is 23.0 Å². The van der Waals surface area contributed by atoms with Crippen LogP contribution in [0, 0.1) is 5.92 Å². The zero-order chi connectivity index (χ0) is 13.0. The summed E-state index contributed by atoms with van der Waals surface area (Å²) in [5.74, 6) is 6.74. The van der Waals surface area contributed by atoms with Gasteiger partial charge in [-0.05, 0) is 5.92 Å². The smallest absolute Gasteiger partial charge is 0.125 e. The normalized spacial score (nSPS) is 20.0. The van der Waals surface area contributed by atoms with E-state index in [0.29, 0.717) is 18.0 Å². The lowest BCUT2D eigenvalue weighted by atomic mass is 10.0. The maximum Gasteiger partial charge on any atom is 0.125 e. The number of imidazole rings is 1. The molecule has 5 heteroatoms. The molecule has 1 N–H and O–H groups in total. The van der Waals surface area contributed by atoms with Crippen LogP contribution >= 0.6 is 23.5 Å². The first-order valence-corrected chi connectivity index (χ1v) is 8.88. The lowest BCUT2D eigenvalue weighted by Gasteiger charge is -2.27. The number of thioether (sulfide) groups is 2. The van der Waals surface area contributed by atoms with Crippen LogP contribution in [0.15, 0.2) is 12.4 Å². The predicted octanol–water partition coefficient (Wildman–Crippen LogP) is 2.56. The second-order valence-electron chi connectivity index (χ2n) is 5.13. The SMILES string of the molecule is CC(C)C(NC1CSCCSC1)c1nccn1C. The molecule has 1 saturated heterocycles. The molecule has 1 fully saturated rings. The Morgan fingerprint density at radius 3 is 2.50 bits per heavy atom. The fourth-order valence-electron chi connectivity index (χ4n) is 2.21. The molecule has 2 rings (SSSR count). The van der Waals surface area contributed by atoms with Crippen LogP contribution in [0.4, 0.5) is 0 Å². The quantitative estimate of drug-likeness (QED) is 0.921. The number of nitrogens with zero attached hydrogens (tertiary/aromatic N) is 2. The van der Waals surface area contributed by atoms with E-state index in [9.17, 15) is 0 Å². The van der Waals surface area contributed by atoms with Crippen molar-refractivity contribution >= 4 is 23.5 Å². The van der Waals surface area contributed by atoms with Gasteiger partial charge in [0.2, 0.25) is 0 Å². The summed E-state index contributed by atoms with van der Waals surface area (Å²) in [6.07, 6.45) is 3.92. The molecule has 0 radical (unpaired) electrons. The van der Waals surface area contributed by atoms with Gasteiger partial charge in [-0.25, -0.2) is 4.98 Å². The first-order chi connectivity index (χ1) is 8.68. The molecule has 2 heterocycles. The Hall–Kier alpha value is -0.130. The summed E-state index contributed by atoms with van der Waals surface area (Å²) in [5.41, 5.74) is 0. The van der Waals surface area contributed by atoms with Crippen molar-refractivity contribution in [2.24, 2.45) is 13.0 Å². The van der Waals surface area contributed by atoms with Crippen LogP contribution in [0.1, 0.15) is 25.7 Å². The molecule has 0 saturated carbocycles. The van der Waals surface area contributed by atoms with Crippen LogP contribution in [-0.4, -0.2) is 38.6 Å². The van der Waals surface area contributed by atoms with Crippen molar-refractivity contribution < 1.29 is 0 Å². The highest BCUT2D eigenvalue weighted by atomic mass is 32.2. The summed E-state index contributed by atoms with van der Waals surface area (Å²) in [6, 6.07) is 0.959. The van der Waals surface area contributed by atoms with E-state index in [2.05, 4.69) is 59.3 Å². The van der Waals surface area contributed by atoms with Gasteiger partial charge < -0.3 is 9.88 Å². The van der Waals surface area contributed by atoms with E-state index in [1.807, 2.05) is 12.4 Å². The number of hydrogen-bond donors (Lipinski definition) is 1. The topological polar surface area (TPSA) is 29.9 Å². The molecule has 1 aliphatic rings. The Morgan fingerprint density at radius 1 is 1.33 bits per heavy atom. The molecule has 18 heavy (non-hydrogen) atoms. The van der Waals surface area contributed by atoms with Gasteiger partial charge in [-0.15, -0.1) is 0 Å². The Balaban J connectivity index is 2.04. The summed E-state index contributed by atoms with van der Waals surface area (Å²) in [6.45, 7) is 4.53. The highest BCUT2D eigenvalue weighted by Crippen LogP contribution is 2.23. The second-order valence-corrected chi connectivity index (χ2v) is 7.43. The minimum absolute atomic E-state index is 0.356. The standard InChI is InChI=1S/C13H23N3S2/c1-10(2)12(13-14-4-5-16(13)3)15-11-8-17-6-7-18-9-11/h4-5,10-12,15H,6-9H2,1-3H3. The molecule has 1 aromatic heterocycles. The lowest BCUT2D eigenvalue weighted by molar-refractivity contribution is 0.363. The third-order valence-electron chi connectivity index (χ3n) is 3.23. The molecule has 0 bridgehead atoms. The minimum Gasteiger partial charge on any atom is -0.337 e. The van der Waals surface area contributed by atoms with Crippen LogP contribution in [0.2, 0.25) is 0 Å². The molecule has 0 amide bonds. The Morgan fingerprint density at radius 2 is 2.00 bits per heavy atom. The number of aromatic nitrogens is 2. The van der Waals surface area contributed by atoms with Crippen LogP contribution in [-0.2, 0) is 7.05 Å². The Kier molecular flexibility index (Phi) is 5.45. The zero-order valence-electron chi connectivity index (χ0n) is 11.4. The van der Waals surface area contributed by atoms with Gasteiger partial charge in [0.25, 0.3) is 0 Å². The van der Waals surface area contributed by atoms with Gasteiger partial charge in [-0.1, -0.05) is 13.8 Å². The Labute approximate surface area is 119 Å². The van der Waals surface area contributed by atoms with E-state index in [-0.39, 0.29) is 0 Å². The molecule has 1 aromatic rings. The van der Waals surface area contributed by atoms with E-state index in [1.54, 1.807) is 0 Å². The monoisotopic (exact) mass is 285 g/mol. The first kappa shape index (κ1) is 14.3. The fraction of sp³-hybridized carbons (Fsp3) is 0.769. The molecule has 0 aliphatic carbocycles. The Bertz CT molecular complexity index is 357. The highest BCUT2D eigenvalue weighted by Gasteiger charge is 2.24. The van der Waals surface area contributed by atoms with Crippen LogP contribution in [0.5, 0.6) is 0 Å². The van der Waals surface area contributed by atoms with E-state index < -0.39 is 0 Å². The number of rotatable bonds is 4. The molecule has 1 unspecified atom stereocenters. The lowest BCUT2D eigenvalue weighted by Crippen LogP contribution is -2.39. The van der Waals surface area contributed by atoms with Gasteiger partial charge in [0.1, 0.15) is 5.82 Å². The third kappa shape index (κ3) is 3.68. The van der Waals surface area contributed by atoms with E-state index in [1.165, 1.54) is 23.0 Å². The van der Waals surface area contributed by atoms with E-state index >= 15 is 0 Å². The predicted molar refractivity (Wildman–Crippen MR) is 82.4 cm³/mol. The molecule has 102 valence electrons. The first-order valence-electron chi connectivity index (χ1n) is 6.57. The molecule has 3 nitrogen and oxygen atoms in total. The van der Waals surface area contributed by atoms with Crippen LogP contribution in [0.3, 0.4) is 0 Å². The maximum absolute atomic E-state index is 4.51. The van der Waals surface area contributed by atoms with Crippen LogP contribution < -0.4 is 5.32 Å². The van der Waals surface area contributed by atoms with Crippen molar-refractivity contribution in [3.05, 3.63) is 18.2 Å². The van der Waals surface area contributed by atoms with Crippen molar-refractivity contribution in [1.29, 1.82) is 0 Å². The third-order valence-corrected chi connectivity index (χ3v) is 5.75. The molecule has 1 aliphatic heterocycles. The van der Waals surface area contributed by atoms with Crippen molar-refractivity contribution in [1.82, 2.24) is 14.9 Å². The number of hydrogen-bond acceptors (Lipinski definition) is 4. The van der Waals surface area contributed by atoms with Gasteiger partial charge in [0, 0.05) is 48.5 Å². The number of nitrogens with one attached hydrogen (secondary N) is 1. The largest absolute Gasteiger partial charge is 0.337 e. The molecule has 1 atom stereocenters. The zero-order valence-corrected chi connectivity index (χ0v) is 13.1. The second kappa shape index (κ2) is 6.87. The maximum atomic E-state index is 4.51. The summed E-state index contributed by atoms with van der Waals surface area (Å²) in [4.78, 5) is 4.51. The van der Waals surface area contributed by atoms with Gasteiger partial charge in [0.15, 0.2) is 0 Å². The molecular formula is C13H23N3S2. The minimum atomic E-state index is 0.356. The summed E-state index contributed by atoms with van der Waals surface area (Å²) >= 11 is 4.14. The molecule has 0 aromatic carbocycles.